The molecule has 1 amide bonds. The summed E-state index contributed by atoms with van der Waals surface area (Å²) in [4.78, 5) is 15.1. The fraction of sp³-hybridized carbons (Fsp3) is 0.125. The summed E-state index contributed by atoms with van der Waals surface area (Å²) in [7, 11) is 1.61. The quantitative estimate of drug-likeness (QED) is 0.345. The molecule has 35 heavy (non-hydrogen) atoms. The van der Waals surface area contributed by atoms with Crippen LogP contribution in [0.1, 0.15) is 11.4 Å². The van der Waals surface area contributed by atoms with Crippen molar-refractivity contribution in [3.8, 4) is 22.8 Å². The molecular weight excluding hydrogens is 472 g/mol. The third kappa shape index (κ3) is 4.64. The van der Waals surface area contributed by atoms with Crippen LogP contribution in [0.3, 0.4) is 0 Å². The Morgan fingerprint density at radius 1 is 1.11 bits per heavy atom. The molecule has 0 aliphatic carbocycles. The molecule has 2 N–H and O–H groups in total. The Bertz CT molecular complexity index is 1550. The van der Waals surface area contributed by atoms with Crippen LogP contribution < -0.4 is 14.8 Å². The molecule has 0 spiro atoms. The summed E-state index contributed by atoms with van der Waals surface area (Å²) in [5.41, 5.74) is 3.42. The number of carbonyl (C=O) groups is 1. The number of ether oxygens (including phenoxy) is 2. The molecule has 0 bridgehead atoms. The van der Waals surface area contributed by atoms with E-state index in [1.165, 1.54) is 0 Å². The molecule has 10 nitrogen and oxygen atoms in total. The fourth-order valence-electron chi connectivity index (χ4n) is 3.59. The van der Waals surface area contributed by atoms with E-state index in [2.05, 4.69) is 25.6 Å². The largest absolute Gasteiger partial charge is 0.497 e. The predicted octanol–water partition coefficient (Wildman–Crippen LogP) is 4.35. The second-order valence-electron chi connectivity index (χ2n) is 7.55. The number of halogens is 1. The first kappa shape index (κ1) is 22.4. The first-order chi connectivity index (χ1) is 17.0. The summed E-state index contributed by atoms with van der Waals surface area (Å²) in [6.45, 7) is 0.258. The summed E-state index contributed by atoms with van der Waals surface area (Å²) in [6.07, 6.45) is 0.563. The van der Waals surface area contributed by atoms with Crippen molar-refractivity contribution in [1.82, 2.24) is 30.1 Å². The molecular formula is C24H19ClN6O4. The number of pyridine rings is 1. The zero-order valence-corrected chi connectivity index (χ0v) is 19.2. The smallest absolute Gasteiger partial charge is 0.404 e. The summed E-state index contributed by atoms with van der Waals surface area (Å²) in [5, 5.41) is 25.5. The van der Waals surface area contributed by atoms with E-state index in [0.29, 0.717) is 39.3 Å². The number of nitrogens with one attached hydrogen (secondary N) is 1. The maximum absolute atomic E-state index is 10.7. The predicted molar refractivity (Wildman–Crippen MR) is 129 cm³/mol. The van der Waals surface area contributed by atoms with Gasteiger partial charge in [0, 0.05) is 34.8 Å². The third-order valence-electron chi connectivity index (χ3n) is 5.37. The van der Waals surface area contributed by atoms with Crippen molar-refractivity contribution in [3.05, 3.63) is 77.2 Å². The molecule has 0 unspecified atom stereocenters. The van der Waals surface area contributed by atoms with Crippen LogP contribution in [0.2, 0.25) is 5.02 Å². The SMILES string of the molecule is COc1ccc2c(OCc3nnc4ccc(-c5ccc(CNC(=O)O)c(Cl)c5)nn34)ccnc2c1. The maximum Gasteiger partial charge on any atom is 0.404 e. The molecule has 5 rings (SSSR count). The first-order valence-corrected chi connectivity index (χ1v) is 10.9. The number of benzene rings is 2. The van der Waals surface area contributed by atoms with Crippen molar-refractivity contribution < 1.29 is 19.4 Å². The van der Waals surface area contributed by atoms with Crippen LogP contribution in [-0.4, -0.2) is 43.1 Å². The topological polar surface area (TPSA) is 124 Å². The number of fused-ring (bicyclic) bond motifs is 2. The molecule has 0 aliphatic heterocycles. The standard InChI is InChI=1S/C24H19ClN6O4/c1-34-16-4-5-17-20(11-16)26-9-8-21(17)35-13-23-29-28-22-7-6-19(30-31(22)23)14-2-3-15(18(25)10-14)12-27-24(32)33/h2-11,27H,12-13H2,1H3,(H,32,33). The average molecular weight is 491 g/mol. The number of hydrogen-bond donors (Lipinski definition) is 2. The lowest BCUT2D eigenvalue weighted by Crippen LogP contribution is -2.20. The number of hydrogen-bond acceptors (Lipinski definition) is 7. The average Bonchev–Trinajstić information content (AvgIpc) is 3.28. The van der Waals surface area contributed by atoms with Gasteiger partial charge in [0.25, 0.3) is 0 Å². The van der Waals surface area contributed by atoms with Gasteiger partial charge >= 0.3 is 6.09 Å². The van der Waals surface area contributed by atoms with E-state index >= 15 is 0 Å². The van der Waals surface area contributed by atoms with Gasteiger partial charge in [-0.25, -0.2) is 4.79 Å². The minimum Gasteiger partial charge on any atom is -0.497 e. The van der Waals surface area contributed by atoms with Crippen LogP contribution in [0.25, 0.3) is 27.8 Å². The van der Waals surface area contributed by atoms with E-state index < -0.39 is 6.09 Å². The molecule has 0 atom stereocenters. The Labute approximate surface area is 204 Å². The summed E-state index contributed by atoms with van der Waals surface area (Å²) < 4.78 is 12.9. The number of methoxy groups -OCH3 is 1. The Balaban J connectivity index is 1.40. The van der Waals surface area contributed by atoms with Gasteiger partial charge in [-0.2, -0.15) is 9.61 Å². The van der Waals surface area contributed by atoms with Gasteiger partial charge in [-0.1, -0.05) is 23.7 Å². The van der Waals surface area contributed by atoms with E-state index in [9.17, 15) is 4.79 Å². The van der Waals surface area contributed by atoms with E-state index in [1.54, 1.807) is 42.1 Å². The fourth-order valence-corrected chi connectivity index (χ4v) is 3.84. The van der Waals surface area contributed by atoms with Gasteiger partial charge < -0.3 is 19.9 Å². The molecule has 5 aromatic rings. The highest BCUT2D eigenvalue weighted by Crippen LogP contribution is 2.28. The maximum atomic E-state index is 10.7. The van der Waals surface area contributed by atoms with Crippen molar-refractivity contribution >= 4 is 34.2 Å². The van der Waals surface area contributed by atoms with Crippen molar-refractivity contribution in [2.75, 3.05) is 7.11 Å². The monoisotopic (exact) mass is 490 g/mol. The second kappa shape index (κ2) is 9.43. The van der Waals surface area contributed by atoms with Crippen LogP contribution >= 0.6 is 11.6 Å². The molecule has 3 aromatic heterocycles. The lowest BCUT2D eigenvalue weighted by molar-refractivity contribution is 0.194. The summed E-state index contributed by atoms with van der Waals surface area (Å²) >= 11 is 6.35. The Kier molecular flexibility index (Phi) is 6.02. The Hall–Kier alpha value is -4.44. The minimum atomic E-state index is -1.11. The number of amides is 1. The lowest BCUT2D eigenvalue weighted by Gasteiger charge is -2.10. The Morgan fingerprint density at radius 2 is 2.00 bits per heavy atom. The van der Waals surface area contributed by atoms with Crippen molar-refractivity contribution in [2.45, 2.75) is 13.2 Å². The van der Waals surface area contributed by atoms with E-state index in [0.717, 1.165) is 16.5 Å². The van der Waals surface area contributed by atoms with Crippen LogP contribution in [0.5, 0.6) is 11.5 Å². The molecule has 0 saturated carbocycles. The third-order valence-corrected chi connectivity index (χ3v) is 5.72. The molecule has 0 aliphatic rings. The molecule has 0 radical (unpaired) electrons. The number of nitrogens with zero attached hydrogens (tertiary/aromatic N) is 5. The normalized spacial score (nSPS) is 11.0. The van der Waals surface area contributed by atoms with E-state index in [4.69, 9.17) is 26.2 Å². The van der Waals surface area contributed by atoms with E-state index in [-0.39, 0.29) is 13.2 Å². The molecule has 2 aromatic carbocycles. The summed E-state index contributed by atoms with van der Waals surface area (Å²) in [6, 6.07) is 16.3. The molecule has 0 fully saturated rings. The molecule has 0 saturated heterocycles. The number of carboxylic acid groups (broad SMARTS) is 1. The van der Waals surface area contributed by atoms with Crippen LogP contribution in [0, 0.1) is 0 Å². The van der Waals surface area contributed by atoms with Crippen molar-refractivity contribution in [2.24, 2.45) is 0 Å². The van der Waals surface area contributed by atoms with Gasteiger partial charge in [0.2, 0.25) is 0 Å². The molecule has 3 heterocycles. The second-order valence-corrected chi connectivity index (χ2v) is 7.96. The highest BCUT2D eigenvalue weighted by molar-refractivity contribution is 6.31. The zero-order valence-electron chi connectivity index (χ0n) is 18.5. The molecule has 176 valence electrons. The first-order valence-electron chi connectivity index (χ1n) is 10.5. The van der Waals surface area contributed by atoms with Crippen molar-refractivity contribution in [3.63, 3.8) is 0 Å². The number of rotatable bonds is 7. The summed E-state index contributed by atoms with van der Waals surface area (Å²) in [5.74, 6) is 1.89. The van der Waals surface area contributed by atoms with Crippen LogP contribution in [0.15, 0.2) is 60.8 Å². The van der Waals surface area contributed by atoms with Crippen molar-refractivity contribution in [1.29, 1.82) is 0 Å². The number of aromatic nitrogens is 5. The van der Waals surface area contributed by atoms with E-state index in [1.807, 2.05) is 30.3 Å². The molecule has 11 heteroatoms. The van der Waals surface area contributed by atoms with Gasteiger partial charge in [-0.15, -0.1) is 10.2 Å². The van der Waals surface area contributed by atoms with Gasteiger partial charge in [-0.05, 0) is 42.0 Å². The highest BCUT2D eigenvalue weighted by Gasteiger charge is 2.12. The zero-order chi connectivity index (χ0) is 24.4. The van der Waals surface area contributed by atoms with Gasteiger partial charge in [0.05, 0.1) is 18.3 Å². The van der Waals surface area contributed by atoms with Gasteiger partial charge in [0.15, 0.2) is 11.5 Å². The van der Waals surface area contributed by atoms with Gasteiger partial charge in [-0.3, -0.25) is 4.98 Å². The van der Waals surface area contributed by atoms with Gasteiger partial charge in [0.1, 0.15) is 18.1 Å². The highest BCUT2D eigenvalue weighted by atomic mass is 35.5. The van der Waals surface area contributed by atoms with Crippen LogP contribution in [0.4, 0.5) is 4.79 Å². The van der Waals surface area contributed by atoms with Crippen LogP contribution in [-0.2, 0) is 13.2 Å². The Morgan fingerprint density at radius 3 is 2.80 bits per heavy atom. The lowest BCUT2D eigenvalue weighted by atomic mass is 10.1. The minimum absolute atomic E-state index is 0.115.